The number of rotatable bonds is 1. The van der Waals surface area contributed by atoms with Crippen molar-refractivity contribution >= 4 is 61.2 Å². The molecule has 3 aromatic rings. The molecule has 0 aliphatic heterocycles. The summed E-state index contributed by atoms with van der Waals surface area (Å²) in [7, 11) is 0. The maximum Gasteiger partial charge on any atom is 0.139 e. The van der Waals surface area contributed by atoms with Gasteiger partial charge in [0.1, 0.15) is 5.82 Å². The van der Waals surface area contributed by atoms with Crippen LogP contribution < -0.4 is 0 Å². The second-order valence-corrected chi connectivity index (χ2v) is 6.41. The zero-order chi connectivity index (χ0) is 12.7. The Hall–Kier alpha value is -0.590. The van der Waals surface area contributed by atoms with Crippen molar-refractivity contribution in [2.45, 2.75) is 0 Å². The number of hydrogen-bond donors (Lipinski definition) is 1. The lowest BCUT2D eigenvalue weighted by Gasteiger charge is -2.01. The van der Waals surface area contributed by atoms with Gasteiger partial charge in [0.25, 0.3) is 0 Å². The third kappa shape index (κ3) is 2.29. The van der Waals surface area contributed by atoms with Gasteiger partial charge < -0.3 is 4.98 Å². The minimum Gasteiger partial charge on any atom is -0.338 e. The molecule has 1 heterocycles. The molecule has 0 bridgehead atoms. The van der Waals surface area contributed by atoms with Gasteiger partial charge in [0.2, 0.25) is 0 Å². The van der Waals surface area contributed by atoms with Crippen molar-refractivity contribution in [3.63, 3.8) is 0 Å². The first-order chi connectivity index (χ1) is 8.63. The van der Waals surface area contributed by atoms with Crippen LogP contribution in [0.4, 0.5) is 0 Å². The monoisotopic (exact) mass is 432 g/mol. The van der Waals surface area contributed by atoms with E-state index in [4.69, 9.17) is 11.6 Å². The third-order valence-electron chi connectivity index (χ3n) is 2.63. The van der Waals surface area contributed by atoms with Crippen LogP contribution in [0, 0.1) is 3.57 Å². The Kier molecular flexibility index (Phi) is 3.34. The van der Waals surface area contributed by atoms with Crippen LogP contribution in [0.15, 0.2) is 40.9 Å². The lowest BCUT2D eigenvalue weighted by Crippen LogP contribution is -1.83. The van der Waals surface area contributed by atoms with Crippen LogP contribution in [0.1, 0.15) is 0 Å². The first kappa shape index (κ1) is 12.4. The van der Waals surface area contributed by atoms with E-state index >= 15 is 0 Å². The normalized spacial score (nSPS) is 11.1. The molecule has 1 aromatic heterocycles. The van der Waals surface area contributed by atoms with E-state index in [1.807, 2.05) is 30.3 Å². The summed E-state index contributed by atoms with van der Waals surface area (Å²) in [4.78, 5) is 7.87. The number of hydrogen-bond acceptors (Lipinski definition) is 1. The van der Waals surface area contributed by atoms with Crippen molar-refractivity contribution in [1.82, 2.24) is 9.97 Å². The molecule has 2 nitrogen and oxygen atoms in total. The molecule has 0 saturated heterocycles. The minimum atomic E-state index is 0.708. The molecule has 18 heavy (non-hydrogen) atoms. The molecule has 0 fully saturated rings. The largest absolute Gasteiger partial charge is 0.338 e. The van der Waals surface area contributed by atoms with Crippen molar-refractivity contribution in [1.29, 1.82) is 0 Å². The molecule has 3 rings (SSSR count). The van der Waals surface area contributed by atoms with E-state index in [9.17, 15) is 0 Å². The van der Waals surface area contributed by atoms with Gasteiger partial charge in [0.05, 0.1) is 11.0 Å². The molecule has 90 valence electrons. The van der Waals surface area contributed by atoms with Crippen molar-refractivity contribution in [3.8, 4) is 11.4 Å². The average Bonchev–Trinajstić information content (AvgIpc) is 2.74. The molecule has 0 aliphatic carbocycles. The van der Waals surface area contributed by atoms with E-state index in [1.54, 1.807) is 0 Å². The van der Waals surface area contributed by atoms with E-state index in [1.165, 1.54) is 3.57 Å². The van der Waals surface area contributed by atoms with Crippen LogP contribution in [0.5, 0.6) is 0 Å². The maximum atomic E-state index is 5.97. The maximum absolute atomic E-state index is 5.97. The fraction of sp³-hybridized carbons (Fsp3) is 0. The SMILES string of the molecule is Clc1ccc2nc(-c3cc(I)ccc3Br)[nH]c2c1. The minimum absolute atomic E-state index is 0.708. The fourth-order valence-electron chi connectivity index (χ4n) is 1.79. The van der Waals surface area contributed by atoms with Crippen LogP contribution in [0.3, 0.4) is 0 Å². The molecule has 0 spiro atoms. The lowest BCUT2D eigenvalue weighted by atomic mass is 10.2. The highest BCUT2D eigenvalue weighted by Crippen LogP contribution is 2.29. The smallest absolute Gasteiger partial charge is 0.139 e. The van der Waals surface area contributed by atoms with Crippen molar-refractivity contribution in [2.24, 2.45) is 0 Å². The third-order valence-corrected chi connectivity index (χ3v) is 4.23. The van der Waals surface area contributed by atoms with E-state index in [0.29, 0.717) is 5.02 Å². The number of aromatic amines is 1. The summed E-state index contributed by atoms with van der Waals surface area (Å²) in [6, 6.07) is 11.8. The number of fused-ring (bicyclic) bond motifs is 1. The second kappa shape index (κ2) is 4.83. The predicted molar refractivity (Wildman–Crippen MR) is 87.0 cm³/mol. The summed E-state index contributed by atoms with van der Waals surface area (Å²) < 4.78 is 2.19. The molecule has 5 heteroatoms. The molecule has 0 saturated carbocycles. The number of H-pyrrole nitrogens is 1. The molecule has 0 aliphatic rings. The van der Waals surface area contributed by atoms with E-state index in [2.05, 4.69) is 54.6 Å². The predicted octanol–water partition coefficient (Wildman–Crippen LogP) is 5.25. The summed E-state index contributed by atoms with van der Waals surface area (Å²) in [6.07, 6.45) is 0. The van der Waals surface area contributed by atoms with E-state index < -0.39 is 0 Å². The van der Waals surface area contributed by atoms with Crippen LogP contribution in [-0.4, -0.2) is 9.97 Å². The second-order valence-electron chi connectivity index (χ2n) is 3.87. The van der Waals surface area contributed by atoms with Gasteiger partial charge in [0, 0.05) is 18.6 Å². The van der Waals surface area contributed by atoms with Crippen molar-refractivity contribution in [2.75, 3.05) is 0 Å². The fourth-order valence-corrected chi connectivity index (χ4v) is 2.89. The lowest BCUT2D eigenvalue weighted by molar-refractivity contribution is 1.32. The number of imidazole rings is 1. The van der Waals surface area contributed by atoms with Gasteiger partial charge in [0.15, 0.2) is 0 Å². The van der Waals surface area contributed by atoms with E-state index in [-0.39, 0.29) is 0 Å². The Morgan fingerprint density at radius 1 is 1.17 bits per heavy atom. The zero-order valence-electron chi connectivity index (χ0n) is 9.05. The average molecular weight is 433 g/mol. The quantitative estimate of drug-likeness (QED) is 0.522. The summed E-state index contributed by atoms with van der Waals surface area (Å²) >= 11 is 11.8. The molecule has 2 aromatic carbocycles. The number of benzene rings is 2. The Labute approximate surface area is 131 Å². The van der Waals surface area contributed by atoms with Gasteiger partial charge in [-0.25, -0.2) is 4.98 Å². The Bertz CT molecular complexity index is 739. The number of nitrogens with one attached hydrogen (secondary N) is 1. The van der Waals surface area contributed by atoms with Gasteiger partial charge in [-0.05, 0) is 59.0 Å². The number of halogens is 3. The van der Waals surface area contributed by atoms with Gasteiger partial charge in [-0.3, -0.25) is 0 Å². The van der Waals surface area contributed by atoms with Crippen molar-refractivity contribution in [3.05, 3.63) is 49.5 Å². The van der Waals surface area contributed by atoms with Gasteiger partial charge in [-0.15, -0.1) is 0 Å². The molecule has 0 amide bonds. The standard InChI is InChI=1S/C13H7BrClIN2/c14-10-3-2-8(16)6-9(10)13-17-11-4-1-7(15)5-12(11)18-13/h1-6H,(H,17,18). The highest BCUT2D eigenvalue weighted by atomic mass is 127. The summed E-state index contributed by atoms with van der Waals surface area (Å²) in [5.74, 6) is 0.845. The highest BCUT2D eigenvalue weighted by Gasteiger charge is 2.09. The summed E-state index contributed by atoms with van der Waals surface area (Å²) in [5, 5.41) is 0.708. The Balaban J connectivity index is 2.22. The molecular formula is C13H7BrClIN2. The first-order valence-electron chi connectivity index (χ1n) is 5.24. The molecule has 0 atom stereocenters. The Morgan fingerprint density at radius 3 is 2.83 bits per heavy atom. The topological polar surface area (TPSA) is 28.7 Å². The van der Waals surface area contributed by atoms with Crippen LogP contribution in [-0.2, 0) is 0 Å². The molecule has 0 unspecified atom stereocenters. The Morgan fingerprint density at radius 2 is 2.00 bits per heavy atom. The van der Waals surface area contributed by atoms with Crippen LogP contribution >= 0.6 is 50.1 Å². The van der Waals surface area contributed by atoms with Gasteiger partial charge >= 0.3 is 0 Å². The van der Waals surface area contributed by atoms with Gasteiger partial charge in [-0.1, -0.05) is 27.5 Å². The zero-order valence-corrected chi connectivity index (χ0v) is 13.5. The highest BCUT2D eigenvalue weighted by molar-refractivity contribution is 14.1. The summed E-state index contributed by atoms with van der Waals surface area (Å²) in [6.45, 7) is 0. The van der Waals surface area contributed by atoms with Crippen LogP contribution in [0.2, 0.25) is 5.02 Å². The first-order valence-corrected chi connectivity index (χ1v) is 7.49. The van der Waals surface area contributed by atoms with E-state index in [0.717, 1.165) is 26.9 Å². The van der Waals surface area contributed by atoms with Crippen molar-refractivity contribution < 1.29 is 0 Å². The van der Waals surface area contributed by atoms with Gasteiger partial charge in [-0.2, -0.15) is 0 Å². The molecule has 1 N–H and O–H groups in total. The number of aromatic nitrogens is 2. The number of nitrogens with zero attached hydrogens (tertiary/aromatic N) is 1. The summed E-state index contributed by atoms with van der Waals surface area (Å²) in [5.41, 5.74) is 2.91. The molecule has 0 radical (unpaired) electrons. The van der Waals surface area contributed by atoms with Crippen LogP contribution in [0.25, 0.3) is 22.4 Å². The molecular weight excluding hydrogens is 426 g/mol.